The highest BCUT2D eigenvalue weighted by atomic mass is 32.1. The Balaban J connectivity index is 3.02. The third kappa shape index (κ3) is 3.70. The topological polar surface area (TPSA) is 16.1 Å². The second kappa shape index (κ2) is 6.39. The van der Waals surface area contributed by atoms with Gasteiger partial charge in [-0.1, -0.05) is 27.7 Å². The molecule has 0 atom stereocenters. The Morgan fingerprint density at radius 2 is 1.71 bits per heavy atom. The van der Waals surface area contributed by atoms with Crippen LogP contribution in [0.25, 0.3) is 0 Å². The van der Waals surface area contributed by atoms with Crippen LogP contribution in [0, 0.1) is 5.92 Å². The summed E-state index contributed by atoms with van der Waals surface area (Å²) in [7, 11) is 0. The smallest absolute Gasteiger partial charge is 0.185 e. The zero-order valence-electron chi connectivity index (χ0n) is 12.1. The largest absolute Gasteiger partial charge is 0.349 e. The van der Waals surface area contributed by atoms with E-state index in [0.29, 0.717) is 11.8 Å². The van der Waals surface area contributed by atoms with Crippen LogP contribution >= 0.6 is 11.3 Å². The van der Waals surface area contributed by atoms with Crippen molar-refractivity contribution in [3.8, 4) is 0 Å². The fourth-order valence-electron chi connectivity index (χ4n) is 1.96. The molecule has 98 valence electrons. The van der Waals surface area contributed by atoms with Gasteiger partial charge < -0.3 is 4.90 Å². The Labute approximate surface area is 110 Å². The highest BCUT2D eigenvalue weighted by Crippen LogP contribution is 2.33. The lowest BCUT2D eigenvalue weighted by atomic mass is 10.0. The van der Waals surface area contributed by atoms with Gasteiger partial charge in [-0.25, -0.2) is 4.98 Å². The number of nitrogens with zero attached hydrogens (tertiary/aromatic N) is 2. The van der Waals surface area contributed by atoms with Gasteiger partial charge in [0.05, 0.1) is 5.69 Å². The summed E-state index contributed by atoms with van der Waals surface area (Å²) >= 11 is 1.88. The molecule has 0 unspecified atom stereocenters. The van der Waals surface area contributed by atoms with Crippen LogP contribution in [-0.4, -0.2) is 18.1 Å². The van der Waals surface area contributed by atoms with Crippen molar-refractivity contribution in [1.29, 1.82) is 0 Å². The van der Waals surface area contributed by atoms with Crippen LogP contribution in [0.1, 0.15) is 58.0 Å². The van der Waals surface area contributed by atoms with Crippen molar-refractivity contribution in [3.05, 3.63) is 10.6 Å². The van der Waals surface area contributed by atoms with E-state index in [2.05, 4.69) is 46.4 Å². The molecule has 1 aromatic rings. The Morgan fingerprint density at radius 1 is 1.12 bits per heavy atom. The van der Waals surface area contributed by atoms with Crippen LogP contribution in [0.3, 0.4) is 0 Å². The number of rotatable bonds is 6. The maximum atomic E-state index is 4.86. The van der Waals surface area contributed by atoms with Crippen molar-refractivity contribution < 1.29 is 0 Å². The summed E-state index contributed by atoms with van der Waals surface area (Å²) in [4.78, 5) is 8.68. The van der Waals surface area contributed by atoms with Crippen LogP contribution in [0.15, 0.2) is 0 Å². The maximum absolute atomic E-state index is 4.86. The Bertz CT molecular complexity index is 338. The average Bonchev–Trinajstić information content (AvgIpc) is 2.63. The predicted octanol–water partition coefficient (Wildman–Crippen LogP) is 4.31. The molecule has 0 radical (unpaired) electrons. The molecule has 0 saturated carbocycles. The lowest BCUT2D eigenvalue weighted by Crippen LogP contribution is -2.21. The molecule has 0 N–H and O–H groups in total. The summed E-state index contributed by atoms with van der Waals surface area (Å²) in [6.45, 7) is 15.5. The van der Waals surface area contributed by atoms with Gasteiger partial charge in [0.1, 0.15) is 0 Å². The lowest BCUT2D eigenvalue weighted by molar-refractivity contribution is 0.629. The molecule has 0 aliphatic rings. The molecule has 0 bridgehead atoms. The number of thiazole rings is 1. The SMILES string of the molecule is CCN(CC)c1nc(CC(C)C)c(C(C)C)s1. The highest BCUT2D eigenvalue weighted by Gasteiger charge is 2.17. The van der Waals surface area contributed by atoms with Crippen LogP contribution in [-0.2, 0) is 6.42 Å². The van der Waals surface area contributed by atoms with Crippen molar-refractivity contribution in [2.24, 2.45) is 5.92 Å². The molecule has 0 saturated heterocycles. The highest BCUT2D eigenvalue weighted by molar-refractivity contribution is 7.15. The van der Waals surface area contributed by atoms with E-state index in [1.54, 1.807) is 0 Å². The van der Waals surface area contributed by atoms with Crippen molar-refractivity contribution in [3.63, 3.8) is 0 Å². The zero-order chi connectivity index (χ0) is 13.0. The standard InChI is InChI=1S/C14H26N2S/c1-7-16(8-2)14-15-12(9-10(3)4)13(17-14)11(5)6/h10-11H,7-9H2,1-6H3. The third-order valence-corrected chi connectivity index (χ3v) is 4.34. The van der Waals surface area contributed by atoms with Gasteiger partial charge in [0.15, 0.2) is 5.13 Å². The third-order valence-electron chi connectivity index (χ3n) is 2.88. The summed E-state index contributed by atoms with van der Waals surface area (Å²) in [6.07, 6.45) is 1.10. The van der Waals surface area contributed by atoms with Gasteiger partial charge >= 0.3 is 0 Å². The van der Waals surface area contributed by atoms with Gasteiger partial charge in [-0.3, -0.25) is 0 Å². The van der Waals surface area contributed by atoms with Crippen LogP contribution in [0.2, 0.25) is 0 Å². The minimum Gasteiger partial charge on any atom is -0.349 e. The summed E-state index contributed by atoms with van der Waals surface area (Å²) in [5.41, 5.74) is 1.32. The quantitative estimate of drug-likeness (QED) is 0.752. The normalized spacial score (nSPS) is 11.5. The van der Waals surface area contributed by atoms with E-state index in [-0.39, 0.29) is 0 Å². The molecule has 0 spiro atoms. The van der Waals surface area contributed by atoms with Crippen LogP contribution in [0.4, 0.5) is 5.13 Å². The van der Waals surface area contributed by atoms with E-state index in [1.807, 2.05) is 11.3 Å². The molecule has 0 aliphatic heterocycles. The van der Waals surface area contributed by atoms with E-state index in [0.717, 1.165) is 19.5 Å². The predicted molar refractivity (Wildman–Crippen MR) is 78.3 cm³/mol. The summed E-state index contributed by atoms with van der Waals surface area (Å²) in [5, 5.41) is 1.20. The van der Waals surface area contributed by atoms with E-state index in [4.69, 9.17) is 4.98 Å². The van der Waals surface area contributed by atoms with Crippen LogP contribution in [0.5, 0.6) is 0 Å². The first-order chi connectivity index (χ1) is 7.99. The van der Waals surface area contributed by atoms with E-state index in [9.17, 15) is 0 Å². The summed E-state index contributed by atoms with van der Waals surface area (Å²) in [5.74, 6) is 1.27. The molecule has 3 heteroatoms. The first-order valence-electron chi connectivity index (χ1n) is 6.74. The van der Waals surface area contributed by atoms with Crippen molar-refractivity contribution in [2.75, 3.05) is 18.0 Å². The van der Waals surface area contributed by atoms with Gasteiger partial charge in [-0.2, -0.15) is 0 Å². The van der Waals surface area contributed by atoms with Gasteiger partial charge in [0.25, 0.3) is 0 Å². The number of anilines is 1. The molecular weight excluding hydrogens is 228 g/mol. The van der Waals surface area contributed by atoms with Gasteiger partial charge in [0.2, 0.25) is 0 Å². The van der Waals surface area contributed by atoms with Crippen molar-refractivity contribution in [2.45, 2.75) is 53.9 Å². The number of aromatic nitrogens is 1. The second-order valence-corrected chi connectivity index (χ2v) is 6.24. The molecule has 1 rings (SSSR count). The minimum atomic E-state index is 0.588. The second-order valence-electron chi connectivity index (χ2n) is 5.23. The van der Waals surface area contributed by atoms with E-state index < -0.39 is 0 Å². The van der Waals surface area contributed by atoms with Crippen molar-refractivity contribution >= 4 is 16.5 Å². The first-order valence-corrected chi connectivity index (χ1v) is 7.55. The lowest BCUT2D eigenvalue weighted by Gasteiger charge is -2.16. The van der Waals surface area contributed by atoms with Gasteiger partial charge in [0, 0.05) is 18.0 Å². The molecule has 1 heterocycles. The maximum Gasteiger partial charge on any atom is 0.185 e. The van der Waals surface area contributed by atoms with Crippen molar-refractivity contribution in [1.82, 2.24) is 4.98 Å². The minimum absolute atomic E-state index is 0.588. The fourth-order valence-corrected chi connectivity index (χ4v) is 3.19. The molecule has 2 nitrogen and oxygen atoms in total. The molecule has 17 heavy (non-hydrogen) atoms. The summed E-state index contributed by atoms with van der Waals surface area (Å²) in [6, 6.07) is 0. The molecule has 0 fully saturated rings. The Morgan fingerprint density at radius 3 is 2.12 bits per heavy atom. The van der Waals surface area contributed by atoms with E-state index >= 15 is 0 Å². The molecular formula is C14H26N2S. The summed E-state index contributed by atoms with van der Waals surface area (Å²) < 4.78 is 0. The zero-order valence-corrected chi connectivity index (χ0v) is 12.9. The Hall–Kier alpha value is -0.570. The van der Waals surface area contributed by atoms with Crippen LogP contribution < -0.4 is 4.90 Å². The molecule has 0 aromatic carbocycles. The molecule has 0 aliphatic carbocycles. The molecule has 1 aromatic heterocycles. The number of hydrogen-bond donors (Lipinski definition) is 0. The van der Waals surface area contributed by atoms with Gasteiger partial charge in [-0.15, -0.1) is 11.3 Å². The first kappa shape index (κ1) is 14.5. The average molecular weight is 254 g/mol. The van der Waals surface area contributed by atoms with Gasteiger partial charge in [-0.05, 0) is 32.1 Å². The van der Waals surface area contributed by atoms with E-state index in [1.165, 1.54) is 15.7 Å². The Kier molecular flexibility index (Phi) is 5.44. The number of hydrogen-bond acceptors (Lipinski definition) is 3. The molecule has 0 amide bonds. The fraction of sp³-hybridized carbons (Fsp3) is 0.786. The monoisotopic (exact) mass is 254 g/mol.